The van der Waals surface area contributed by atoms with Crippen molar-refractivity contribution in [2.24, 2.45) is 0 Å². The zero-order chi connectivity index (χ0) is 16.2. The Morgan fingerprint density at radius 1 is 1.32 bits per heavy atom. The molecule has 0 fully saturated rings. The van der Waals surface area contributed by atoms with Crippen LogP contribution in [0.3, 0.4) is 0 Å². The summed E-state index contributed by atoms with van der Waals surface area (Å²) in [5.41, 5.74) is 0.746. The summed E-state index contributed by atoms with van der Waals surface area (Å²) in [6.07, 6.45) is 1.58. The molecule has 22 heavy (non-hydrogen) atoms. The minimum Gasteiger partial charge on any atom is -0.465 e. The Morgan fingerprint density at radius 2 is 2.09 bits per heavy atom. The lowest BCUT2D eigenvalue weighted by Crippen LogP contribution is -2.24. The molecule has 0 saturated heterocycles. The maximum atomic E-state index is 12.4. The van der Waals surface area contributed by atoms with Crippen LogP contribution < -0.4 is 4.72 Å². The monoisotopic (exact) mass is 384 g/mol. The number of pyridine rings is 1. The van der Waals surface area contributed by atoms with Gasteiger partial charge in [-0.05, 0) is 46.3 Å². The number of sulfonamides is 1. The molecule has 1 heterocycles. The van der Waals surface area contributed by atoms with Crippen LogP contribution >= 0.6 is 15.9 Å². The second-order valence-electron chi connectivity index (χ2n) is 4.28. The first-order valence-corrected chi connectivity index (χ1v) is 8.49. The summed E-state index contributed by atoms with van der Waals surface area (Å²) >= 11 is 3.18. The highest BCUT2D eigenvalue weighted by atomic mass is 79.9. The molecule has 2 rings (SSSR count). The van der Waals surface area contributed by atoms with Crippen molar-refractivity contribution >= 4 is 31.9 Å². The van der Waals surface area contributed by atoms with E-state index in [1.807, 2.05) is 0 Å². The third-order valence-electron chi connectivity index (χ3n) is 2.81. The predicted molar refractivity (Wildman–Crippen MR) is 83.7 cm³/mol. The van der Waals surface area contributed by atoms with E-state index in [1.165, 1.54) is 25.3 Å². The van der Waals surface area contributed by atoms with Crippen molar-refractivity contribution in [1.82, 2.24) is 9.71 Å². The molecular weight excluding hydrogens is 372 g/mol. The van der Waals surface area contributed by atoms with Crippen molar-refractivity contribution in [1.29, 1.82) is 0 Å². The summed E-state index contributed by atoms with van der Waals surface area (Å²) in [6, 6.07) is 9.45. The number of nitrogens with zero attached hydrogens (tertiary/aromatic N) is 1. The Kier molecular flexibility index (Phi) is 5.28. The quantitative estimate of drug-likeness (QED) is 0.797. The Morgan fingerprint density at radius 3 is 2.73 bits per heavy atom. The second-order valence-corrected chi connectivity index (χ2v) is 6.87. The van der Waals surface area contributed by atoms with Crippen LogP contribution in [-0.4, -0.2) is 26.5 Å². The molecule has 0 aliphatic rings. The molecule has 0 saturated carbocycles. The smallest absolute Gasteiger partial charge is 0.337 e. The number of rotatable bonds is 5. The predicted octanol–water partition coefficient (Wildman–Crippen LogP) is 2.11. The minimum absolute atomic E-state index is 0.0358. The van der Waals surface area contributed by atoms with Crippen molar-refractivity contribution in [3.8, 4) is 0 Å². The van der Waals surface area contributed by atoms with Crippen LogP contribution in [0.1, 0.15) is 16.1 Å². The van der Waals surface area contributed by atoms with Crippen molar-refractivity contribution in [3.05, 3.63) is 58.3 Å². The number of hydrogen-bond donors (Lipinski definition) is 1. The van der Waals surface area contributed by atoms with Gasteiger partial charge in [0.05, 0.1) is 29.8 Å². The molecular formula is C14H13BrN2O4S. The second kappa shape index (κ2) is 6.99. The number of halogens is 1. The van der Waals surface area contributed by atoms with E-state index in [0.717, 1.165) is 0 Å². The highest BCUT2D eigenvalue weighted by molar-refractivity contribution is 9.10. The molecule has 1 N–H and O–H groups in total. The average molecular weight is 385 g/mol. The van der Waals surface area contributed by atoms with E-state index >= 15 is 0 Å². The van der Waals surface area contributed by atoms with E-state index in [9.17, 15) is 13.2 Å². The molecule has 0 bridgehead atoms. The maximum absolute atomic E-state index is 12.4. The van der Waals surface area contributed by atoms with Gasteiger partial charge in [-0.15, -0.1) is 0 Å². The molecule has 0 atom stereocenters. The lowest BCUT2D eigenvalue weighted by molar-refractivity contribution is 0.0600. The van der Waals surface area contributed by atoms with E-state index in [2.05, 4.69) is 30.4 Å². The van der Waals surface area contributed by atoms with E-state index in [4.69, 9.17) is 0 Å². The molecule has 0 aliphatic carbocycles. The van der Waals surface area contributed by atoms with Gasteiger partial charge in [0.2, 0.25) is 10.0 Å². The van der Waals surface area contributed by atoms with Gasteiger partial charge in [-0.3, -0.25) is 4.98 Å². The number of esters is 1. The molecule has 0 amide bonds. The maximum Gasteiger partial charge on any atom is 0.337 e. The van der Waals surface area contributed by atoms with Gasteiger partial charge < -0.3 is 4.74 Å². The fourth-order valence-electron chi connectivity index (χ4n) is 1.70. The summed E-state index contributed by atoms with van der Waals surface area (Å²) < 4.78 is 32.1. The normalized spacial score (nSPS) is 11.2. The molecule has 8 heteroatoms. The first-order valence-electron chi connectivity index (χ1n) is 6.21. The van der Waals surface area contributed by atoms with E-state index < -0.39 is 16.0 Å². The Bertz CT molecular complexity index is 779. The van der Waals surface area contributed by atoms with Gasteiger partial charge in [0.25, 0.3) is 0 Å². The number of carbonyl (C=O) groups is 1. The number of methoxy groups -OCH3 is 1. The number of carbonyl (C=O) groups excluding carboxylic acids is 1. The van der Waals surface area contributed by atoms with Crippen molar-refractivity contribution in [2.45, 2.75) is 11.4 Å². The molecule has 116 valence electrons. The Hall–Kier alpha value is -1.77. The van der Waals surface area contributed by atoms with Crippen molar-refractivity contribution in [2.75, 3.05) is 7.11 Å². The first kappa shape index (κ1) is 16.6. The van der Waals surface area contributed by atoms with E-state index in [-0.39, 0.29) is 17.0 Å². The molecule has 1 aromatic heterocycles. The van der Waals surface area contributed by atoms with Gasteiger partial charge in [0, 0.05) is 10.7 Å². The van der Waals surface area contributed by atoms with E-state index in [0.29, 0.717) is 10.2 Å². The van der Waals surface area contributed by atoms with Crippen LogP contribution in [0.15, 0.2) is 52.0 Å². The molecule has 0 aliphatic heterocycles. The molecule has 0 spiro atoms. The number of ether oxygens (including phenoxy) is 1. The third kappa shape index (κ3) is 3.90. The SMILES string of the molecule is COC(=O)c1ccc(Br)c(S(=O)(=O)NCc2ccccn2)c1. The summed E-state index contributed by atoms with van der Waals surface area (Å²) in [7, 11) is -2.56. The molecule has 1 aromatic carbocycles. The van der Waals surface area contributed by atoms with Crippen LogP contribution in [0.5, 0.6) is 0 Å². The van der Waals surface area contributed by atoms with Gasteiger partial charge in [-0.2, -0.15) is 0 Å². The van der Waals surface area contributed by atoms with E-state index in [1.54, 1.807) is 24.4 Å². The molecule has 6 nitrogen and oxygen atoms in total. The van der Waals surface area contributed by atoms with Gasteiger partial charge in [0.15, 0.2) is 0 Å². The van der Waals surface area contributed by atoms with Gasteiger partial charge in [0.1, 0.15) is 0 Å². The Labute approximate surface area is 136 Å². The number of nitrogens with one attached hydrogen (secondary N) is 1. The van der Waals surface area contributed by atoms with Gasteiger partial charge in [-0.1, -0.05) is 6.07 Å². The molecule has 0 unspecified atom stereocenters. The van der Waals surface area contributed by atoms with Crippen LogP contribution in [0, 0.1) is 0 Å². The largest absolute Gasteiger partial charge is 0.465 e. The lowest BCUT2D eigenvalue weighted by atomic mass is 10.2. The van der Waals surface area contributed by atoms with Gasteiger partial charge in [-0.25, -0.2) is 17.9 Å². The fourth-order valence-corrected chi connectivity index (χ4v) is 3.69. The third-order valence-corrected chi connectivity index (χ3v) is 5.21. The first-order chi connectivity index (χ1) is 10.4. The minimum atomic E-state index is -3.80. The summed E-state index contributed by atoms with van der Waals surface area (Å²) in [5.74, 6) is -0.603. The highest BCUT2D eigenvalue weighted by Crippen LogP contribution is 2.23. The fraction of sp³-hybridized carbons (Fsp3) is 0.143. The number of hydrogen-bond acceptors (Lipinski definition) is 5. The standard InChI is InChI=1S/C14H13BrN2O4S/c1-21-14(18)10-5-6-12(15)13(8-10)22(19,20)17-9-11-4-2-3-7-16-11/h2-8,17H,9H2,1H3. The van der Waals surface area contributed by atoms with Crippen LogP contribution in [0.25, 0.3) is 0 Å². The number of aromatic nitrogens is 1. The topological polar surface area (TPSA) is 85.4 Å². The van der Waals surface area contributed by atoms with Crippen molar-refractivity contribution < 1.29 is 17.9 Å². The zero-order valence-corrected chi connectivity index (χ0v) is 14.0. The zero-order valence-electron chi connectivity index (χ0n) is 11.6. The molecule has 0 radical (unpaired) electrons. The lowest BCUT2D eigenvalue weighted by Gasteiger charge is -2.09. The van der Waals surface area contributed by atoms with Crippen LogP contribution in [0.4, 0.5) is 0 Å². The Balaban J connectivity index is 2.27. The van der Waals surface area contributed by atoms with Crippen molar-refractivity contribution in [3.63, 3.8) is 0 Å². The highest BCUT2D eigenvalue weighted by Gasteiger charge is 2.20. The average Bonchev–Trinajstić information content (AvgIpc) is 2.53. The number of benzene rings is 1. The summed E-state index contributed by atoms with van der Waals surface area (Å²) in [4.78, 5) is 15.5. The summed E-state index contributed by atoms with van der Waals surface area (Å²) in [6.45, 7) is 0.0536. The van der Waals surface area contributed by atoms with Crippen LogP contribution in [-0.2, 0) is 21.3 Å². The van der Waals surface area contributed by atoms with Gasteiger partial charge >= 0.3 is 5.97 Å². The molecule has 2 aromatic rings. The van der Waals surface area contributed by atoms with Crippen LogP contribution in [0.2, 0.25) is 0 Å². The summed E-state index contributed by atoms with van der Waals surface area (Å²) in [5, 5.41) is 0.